The summed E-state index contributed by atoms with van der Waals surface area (Å²) >= 11 is 0. The fraction of sp³-hybridized carbons (Fsp3) is 0.750. The van der Waals surface area contributed by atoms with Gasteiger partial charge >= 0.3 is 0 Å². The van der Waals surface area contributed by atoms with E-state index in [0.717, 1.165) is 57.2 Å². The second kappa shape index (κ2) is 7.53. The Hall–Kier alpha value is -1.28. The second-order valence-electron chi connectivity index (χ2n) is 6.54. The number of likely N-dealkylation sites (tertiary alicyclic amines) is 1. The van der Waals surface area contributed by atoms with Crippen LogP contribution in [0.1, 0.15) is 12.0 Å². The Morgan fingerprint density at radius 2 is 1.91 bits per heavy atom. The quantitative estimate of drug-likeness (QED) is 0.806. The molecule has 0 aliphatic carbocycles. The average molecular weight is 321 g/mol. The minimum absolute atomic E-state index is 0.164. The smallest absolute Gasteiger partial charge is 0.225 e. The zero-order valence-electron chi connectivity index (χ0n) is 14.1. The van der Waals surface area contributed by atoms with Crippen LogP contribution in [0.15, 0.2) is 12.4 Å². The fourth-order valence-electron chi connectivity index (χ4n) is 3.33. The maximum Gasteiger partial charge on any atom is 0.225 e. The number of hydrogen-bond donors (Lipinski definition) is 1. The molecule has 1 aromatic heterocycles. The molecule has 1 N–H and O–H groups in total. The Morgan fingerprint density at radius 1 is 1.22 bits per heavy atom. The maximum absolute atomic E-state index is 9.52. The Labute approximate surface area is 137 Å². The van der Waals surface area contributed by atoms with Crippen LogP contribution in [0, 0.1) is 0 Å². The van der Waals surface area contributed by atoms with Crippen LogP contribution in [0.25, 0.3) is 0 Å². The molecule has 23 heavy (non-hydrogen) atoms. The van der Waals surface area contributed by atoms with Gasteiger partial charge in [-0.2, -0.15) is 0 Å². The summed E-state index contributed by atoms with van der Waals surface area (Å²) in [4.78, 5) is 15.9. The van der Waals surface area contributed by atoms with Crippen molar-refractivity contribution in [1.29, 1.82) is 0 Å². The Kier molecular flexibility index (Phi) is 5.42. The number of piperazine rings is 1. The zero-order valence-corrected chi connectivity index (χ0v) is 14.1. The molecule has 1 aromatic rings. The molecule has 0 unspecified atom stereocenters. The molecule has 7 nitrogen and oxygen atoms in total. The molecule has 7 heteroatoms. The van der Waals surface area contributed by atoms with Gasteiger partial charge in [-0.3, -0.25) is 4.90 Å². The predicted molar refractivity (Wildman–Crippen MR) is 88.4 cm³/mol. The molecule has 128 valence electrons. The van der Waals surface area contributed by atoms with Crippen molar-refractivity contribution >= 4 is 5.95 Å². The lowest BCUT2D eigenvalue weighted by atomic mass is 10.2. The van der Waals surface area contributed by atoms with Gasteiger partial charge in [0, 0.05) is 70.4 Å². The van der Waals surface area contributed by atoms with E-state index in [1.165, 1.54) is 0 Å². The second-order valence-corrected chi connectivity index (χ2v) is 6.54. The molecule has 0 spiro atoms. The van der Waals surface area contributed by atoms with E-state index in [1.807, 2.05) is 12.4 Å². The monoisotopic (exact) mass is 321 g/mol. The molecule has 2 fully saturated rings. The number of ether oxygens (including phenoxy) is 1. The molecule has 0 saturated carbocycles. The number of aromatic nitrogens is 2. The van der Waals surface area contributed by atoms with Crippen molar-refractivity contribution in [3.63, 3.8) is 0 Å². The van der Waals surface area contributed by atoms with Gasteiger partial charge in [-0.1, -0.05) is 0 Å². The molecule has 2 aliphatic heterocycles. The van der Waals surface area contributed by atoms with Crippen LogP contribution in [-0.2, 0) is 11.3 Å². The van der Waals surface area contributed by atoms with Crippen molar-refractivity contribution in [3.05, 3.63) is 18.0 Å². The van der Waals surface area contributed by atoms with E-state index in [9.17, 15) is 5.11 Å². The first-order valence-electron chi connectivity index (χ1n) is 8.31. The van der Waals surface area contributed by atoms with Gasteiger partial charge in [0.1, 0.15) is 0 Å². The number of hydrogen-bond acceptors (Lipinski definition) is 7. The Bertz CT molecular complexity index is 490. The fourth-order valence-corrected chi connectivity index (χ4v) is 3.33. The lowest BCUT2D eigenvalue weighted by molar-refractivity contribution is 0.107. The average Bonchev–Trinajstić information content (AvgIpc) is 2.98. The van der Waals surface area contributed by atoms with Crippen molar-refractivity contribution in [1.82, 2.24) is 19.8 Å². The van der Waals surface area contributed by atoms with Crippen LogP contribution < -0.4 is 4.90 Å². The van der Waals surface area contributed by atoms with Gasteiger partial charge < -0.3 is 19.6 Å². The third kappa shape index (κ3) is 3.98. The molecule has 3 rings (SSSR count). The Morgan fingerprint density at radius 3 is 2.52 bits per heavy atom. The minimum Gasteiger partial charge on any atom is -0.395 e. The van der Waals surface area contributed by atoms with Gasteiger partial charge in [0.2, 0.25) is 5.95 Å². The molecule has 2 aliphatic rings. The molecule has 2 saturated heterocycles. The number of rotatable bonds is 5. The van der Waals surface area contributed by atoms with E-state index in [1.54, 1.807) is 7.11 Å². The molecule has 3 heterocycles. The summed E-state index contributed by atoms with van der Waals surface area (Å²) in [6.45, 7) is 5.83. The largest absolute Gasteiger partial charge is 0.395 e. The summed E-state index contributed by atoms with van der Waals surface area (Å²) in [6, 6.07) is 0.164. The normalized spacial score (nSPS) is 26.8. The first kappa shape index (κ1) is 16.6. The number of aliphatic hydroxyl groups excluding tert-OH is 1. The van der Waals surface area contributed by atoms with E-state index in [-0.39, 0.29) is 18.8 Å². The highest BCUT2D eigenvalue weighted by Crippen LogP contribution is 2.22. The topological polar surface area (TPSA) is 65.0 Å². The molecule has 0 amide bonds. The van der Waals surface area contributed by atoms with Crippen molar-refractivity contribution in [2.24, 2.45) is 0 Å². The summed E-state index contributed by atoms with van der Waals surface area (Å²) in [6.07, 6.45) is 4.91. The van der Waals surface area contributed by atoms with Crippen LogP contribution in [-0.4, -0.2) is 90.5 Å². The summed E-state index contributed by atoms with van der Waals surface area (Å²) < 4.78 is 5.42. The summed E-state index contributed by atoms with van der Waals surface area (Å²) in [5, 5.41) is 9.52. The highest BCUT2D eigenvalue weighted by molar-refractivity contribution is 5.30. The van der Waals surface area contributed by atoms with E-state index < -0.39 is 0 Å². The van der Waals surface area contributed by atoms with Crippen molar-refractivity contribution in [3.8, 4) is 0 Å². The highest BCUT2D eigenvalue weighted by atomic mass is 16.5. The standard InChI is InChI=1S/C16H27N5O2/c1-19-3-5-20(6-4-19)16-17-8-13(9-18-16)10-21-11-15(23-2)7-14(21)12-22/h8-9,14-15,22H,3-7,10-12H2,1-2H3/t14-,15-/m0/s1. The van der Waals surface area contributed by atoms with Crippen LogP contribution >= 0.6 is 0 Å². The SMILES string of the molecule is CO[C@H]1C[C@@H](CO)N(Cc2cnc(N3CCN(C)CC3)nc2)C1. The first-order valence-corrected chi connectivity index (χ1v) is 8.31. The van der Waals surface area contributed by atoms with Gasteiger partial charge in [0.15, 0.2) is 0 Å². The van der Waals surface area contributed by atoms with Crippen molar-refractivity contribution in [2.45, 2.75) is 25.1 Å². The van der Waals surface area contributed by atoms with Crippen LogP contribution in [0.4, 0.5) is 5.95 Å². The molecule has 0 aromatic carbocycles. The van der Waals surface area contributed by atoms with Gasteiger partial charge in [0.05, 0.1) is 12.7 Å². The lowest BCUT2D eigenvalue weighted by Crippen LogP contribution is -2.45. The lowest BCUT2D eigenvalue weighted by Gasteiger charge is -2.32. The molecular formula is C16H27N5O2. The van der Waals surface area contributed by atoms with E-state index >= 15 is 0 Å². The van der Waals surface area contributed by atoms with E-state index in [4.69, 9.17) is 4.74 Å². The van der Waals surface area contributed by atoms with E-state index in [2.05, 4.69) is 31.7 Å². The van der Waals surface area contributed by atoms with Crippen molar-refractivity contribution in [2.75, 3.05) is 58.4 Å². The maximum atomic E-state index is 9.52. The molecule has 2 atom stereocenters. The van der Waals surface area contributed by atoms with Crippen molar-refractivity contribution < 1.29 is 9.84 Å². The predicted octanol–water partition coefficient (Wildman–Crippen LogP) is -0.190. The van der Waals surface area contributed by atoms with Gasteiger partial charge in [-0.25, -0.2) is 9.97 Å². The van der Waals surface area contributed by atoms with Gasteiger partial charge in [0.25, 0.3) is 0 Å². The zero-order chi connectivity index (χ0) is 16.2. The Balaban J connectivity index is 1.59. The number of aliphatic hydroxyl groups is 1. The third-order valence-corrected chi connectivity index (χ3v) is 4.90. The third-order valence-electron chi connectivity index (χ3n) is 4.90. The summed E-state index contributed by atoms with van der Waals surface area (Å²) in [5.41, 5.74) is 1.08. The highest BCUT2D eigenvalue weighted by Gasteiger charge is 2.31. The number of anilines is 1. The number of methoxy groups -OCH3 is 1. The molecular weight excluding hydrogens is 294 g/mol. The molecule has 0 radical (unpaired) electrons. The van der Waals surface area contributed by atoms with Gasteiger partial charge in [-0.15, -0.1) is 0 Å². The van der Waals surface area contributed by atoms with Gasteiger partial charge in [-0.05, 0) is 13.5 Å². The van der Waals surface area contributed by atoms with Crippen LogP contribution in [0.3, 0.4) is 0 Å². The minimum atomic E-state index is 0.164. The van der Waals surface area contributed by atoms with Crippen LogP contribution in [0.5, 0.6) is 0 Å². The summed E-state index contributed by atoms with van der Waals surface area (Å²) in [7, 11) is 3.87. The molecule has 0 bridgehead atoms. The number of nitrogens with zero attached hydrogens (tertiary/aromatic N) is 5. The summed E-state index contributed by atoms with van der Waals surface area (Å²) in [5.74, 6) is 0.816. The van der Waals surface area contributed by atoms with E-state index in [0.29, 0.717) is 0 Å². The number of likely N-dealkylation sites (N-methyl/N-ethyl adjacent to an activating group) is 1. The van der Waals surface area contributed by atoms with Crippen LogP contribution in [0.2, 0.25) is 0 Å². The first-order chi connectivity index (χ1) is 11.2.